The van der Waals surface area contributed by atoms with Crippen LogP contribution in [0.15, 0.2) is 0 Å². The highest BCUT2D eigenvalue weighted by atomic mass is 29.6. The van der Waals surface area contributed by atoms with Crippen LogP contribution in [0.4, 0.5) is 0 Å². The van der Waals surface area contributed by atoms with Crippen molar-refractivity contribution >= 4 is 35.4 Å². The molecule has 1 atom stereocenters. The second-order valence-electron chi connectivity index (χ2n) is 3.00. The molecule has 1 saturated heterocycles. The first kappa shape index (κ1) is 8.88. The molecule has 2 nitrogen and oxygen atoms in total. The Morgan fingerprint density at radius 1 is 1.60 bits per heavy atom. The molecule has 0 amide bonds. The smallest absolute Gasteiger partial charge is 0.156 e. The molecule has 0 N–H and O–H groups in total. The Morgan fingerprint density at radius 3 is 2.90 bits per heavy atom. The van der Waals surface area contributed by atoms with Crippen molar-refractivity contribution in [1.82, 2.24) is 0 Å². The summed E-state index contributed by atoms with van der Waals surface area (Å²) in [6, 6.07) is 1.34. The maximum atomic E-state index is 5.99. The van der Waals surface area contributed by atoms with Crippen molar-refractivity contribution in [2.45, 2.75) is 19.1 Å². The molecule has 1 aliphatic heterocycles. The molecule has 0 aromatic heterocycles. The van der Waals surface area contributed by atoms with Gasteiger partial charge in [0.2, 0.25) is 0 Å². The van der Waals surface area contributed by atoms with Gasteiger partial charge in [-0.05, 0) is 19.1 Å². The van der Waals surface area contributed by atoms with Gasteiger partial charge in [0.25, 0.3) is 0 Å². The van der Waals surface area contributed by atoms with E-state index in [2.05, 4.69) is 13.1 Å². The molecule has 0 aromatic carbocycles. The molecule has 1 heterocycles. The summed E-state index contributed by atoms with van der Waals surface area (Å²) in [4.78, 5) is 0. The van der Waals surface area contributed by atoms with Gasteiger partial charge in [0.1, 0.15) is 17.8 Å². The van der Waals surface area contributed by atoms with Gasteiger partial charge in [-0.15, -0.1) is 0 Å². The van der Waals surface area contributed by atoms with Crippen LogP contribution in [0.5, 0.6) is 0 Å². The Labute approximate surface area is 70.1 Å². The van der Waals surface area contributed by atoms with Crippen LogP contribution in [-0.4, -0.2) is 42.0 Å². The number of hydrogen-bond donors (Lipinski definition) is 0. The molecular formula is C4H16O2Si4. The predicted molar refractivity (Wildman–Crippen MR) is 55.0 cm³/mol. The van der Waals surface area contributed by atoms with E-state index in [1.807, 2.05) is 0 Å². The summed E-state index contributed by atoms with van der Waals surface area (Å²) < 4.78 is 11.4. The van der Waals surface area contributed by atoms with Crippen LogP contribution < -0.4 is 0 Å². The van der Waals surface area contributed by atoms with Gasteiger partial charge in [0.15, 0.2) is 9.04 Å². The lowest BCUT2D eigenvalue weighted by Crippen LogP contribution is -2.40. The van der Waals surface area contributed by atoms with Gasteiger partial charge >= 0.3 is 0 Å². The maximum Gasteiger partial charge on any atom is 0.156 e. The summed E-state index contributed by atoms with van der Waals surface area (Å²) in [6.45, 7) is 5.63. The third kappa shape index (κ3) is 3.26. The first-order valence-corrected chi connectivity index (χ1v) is 15.9. The van der Waals surface area contributed by atoms with E-state index in [1.54, 1.807) is 0 Å². The highest BCUT2D eigenvalue weighted by molar-refractivity contribution is 7.33. The minimum atomic E-state index is -0.681. The topological polar surface area (TPSA) is 18.5 Å². The molecule has 6 heteroatoms. The lowest BCUT2D eigenvalue weighted by Gasteiger charge is -2.22. The minimum Gasteiger partial charge on any atom is -0.463 e. The quantitative estimate of drug-likeness (QED) is 0.509. The zero-order chi connectivity index (χ0) is 7.40. The van der Waals surface area contributed by atoms with Crippen LogP contribution in [0.25, 0.3) is 0 Å². The van der Waals surface area contributed by atoms with Gasteiger partial charge in [-0.2, -0.15) is 0 Å². The van der Waals surface area contributed by atoms with E-state index in [9.17, 15) is 0 Å². The SMILES string of the molecule is C[SiH](C)O[SiH]1CCO[SiH2][SiH2]1. The molecule has 0 spiro atoms. The fourth-order valence-electron chi connectivity index (χ4n) is 1.20. The van der Waals surface area contributed by atoms with Crippen LogP contribution in [0.3, 0.4) is 0 Å². The summed E-state index contributed by atoms with van der Waals surface area (Å²) in [7, 11) is -0.964. The summed E-state index contributed by atoms with van der Waals surface area (Å²) in [6.07, 6.45) is 0. The summed E-state index contributed by atoms with van der Waals surface area (Å²) in [5, 5.41) is 0. The molecule has 0 radical (unpaired) electrons. The molecule has 0 aromatic rings. The average Bonchev–Trinajstić information content (AvgIpc) is 1.88. The first-order chi connectivity index (χ1) is 4.79. The Morgan fingerprint density at radius 2 is 2.40 bits per heavy atom. The lowest BCUT2D eigenvalue weighted by molar-refractivity contribution is 0.361. The van der Waals surface area contributed by atoms with Crippen LogP contribution in [0.2, 0.25) is 19.1 Å². The van der Waals surface area contributed by atoms with Gasteiger partial charge in [0, 0.05) is 6.61 Å². The largest absolute Gasteiger partial charge is 0.463 e. The molecule has 0 saturated carbocycles. The summed E-state index contributed by atoms with van der Waals surface area (Å²) >= 11 is 0. The van der Waals surface area contributed by atoms with Crippen molar-refractivity contribution in [3.8, 4) is 0 Å². The van der Waals surface area contributed by atoms with Crippen LogP contribution in [-0.2, 0) is 8.54 Å². The molecular weight excluding hydrogens is 192 g/mol. The predicted octanol–water partition coefficient (Wildman–Crippen LogP) is -1.60. The Bertz CT molecular complexity index is 93.3. The van der Waals surface area contributed by atoms with E-state index >= 15 is 0 Å². The fraction of sp³-hybridized carbons (Fsp3) is 1.00. The maximum absolute atomic E-state index is 5.99. The molecule has 1 fully saturated rings. The van der Waals surface area contributed by atoms with E-state index in [4.69, 9.17) is 8.54 Å². The average molecular weight is 209 g/mol. The fourth-order valence-corrected chi connectivity index (χ4v) is 25.3. The zero-order valence-corrected chi connectivity index (χ0v) is 11.9. The molecule has 1 rings (SSSR count). The first-order valence-electron chi connectivity index (χ1n) is 4.02. The Kier molecular flexibility index (Phi) is 4.10. The Balaban J connectivity index is 2.13. The lowest BCUT2D eigenvalue weighted by atomic mass is 10.9. The molecule has 0 bridgehead atoms. The van der Waals surface area contributed by atoms with Gasteiger partial charge in [-0.1, -0.05) is 0 Å². The third-order valence-electron chi connectivity index (χ3n) is 1.63. The highest BCUT2D eigenvalue weighted by Crippen LogP contribution is 2.00. The van der Waals surface area contributed by atoms with E-state index in [0.29, 0.717) is 0 Å². The summed E-state index contributed by atoms with van der Waals surface area (Å²) in [5.41, 5.74) is 0. The van der Waals surface area contributed by atoms with Crippen LogP contribution in [0, 0.1) is 0 Å². The second-order valence-corrected chi connectivity index (χ2v) is 20.3. The van der Waals surface area contributed by atoms with Gasteiger partial charge in [0.05, 0.1) is 8.55 Å². The summed E-state index contributed by atoms with van der Waals surface area (Å²) in [5.74, 6) is 0. The highest BCUT2D eigenvalue weighted by Gasteiger charge is 2.17. The number of rotatable bonds is 2. The van der Waals surface area contributed by atoms with Crippen molar-refractivity contribution in [2.24, 2.45) is 0 Å². The van der Waals surface area contributed by atoms with E-state index in [0.717, 1.165) is 6.61 Å². The van der Waals surface area contributed by atoms with Gasteiger partial charge < -0.3 is 8.54 Å². The second kappa shape index (κ2) is 4.62. The minimum absolute atomic E-state index is 0.0159. The van der Waals surface area contributed by atoms with Crippen molar-refractivity contribution < 1.29 is 8.54 Å². The van der Waals surface area contributed by atoms with Crippen molar-refractivity contribution in [2.75, 3.05) is 6.61 Å². The normalized spacial score (nSPS) is 32.1. The molecule has 0 aliphatic carbocycles. The Hall–Kier alpha value is 0.788. The monoisotopic (exact) mass is 208 g/mol. The zero-order valence-electron chi connectivity index (χ0n) is 6.80. The van der Waals surface area contributed by atoms with Crippen molar-refractivity contribution in [1.29, 1.82) is 0 Å². The molecule has 60 valence electrons. The van der Waals surface area contributed by atoms with E-state index < -0.39 is 17.6 Å². The van der Waals surface area contributed by atoms with Gasteiger partial charge in [-0.3, -0.25) is 0 Å². The molecule has 1 aliphatic rings. The number of hydrogen-bond acceptors (Lipinski definition) is 2. The standard InChI is InChI=1S/C4H16O2Si4/c1-9(2)6-10-4-3-5-7-8-10/h9-10H,3-4,7-8H2,1-2H3. The van der Waals surface area contributed by atoms with Crippen molar-refractivity contribution in [3.63, 3.8) is 0 Å². The van der Waals surface area contributed by atoms with E-state index in [-0.39, 0.29) is 17.8 Å². The molecule has 1 unspecified atom stereocenters. The van der Waals surface area contributed by atoms with Crippen molar-refractivity contribution in [3.05, 3.63) is 0 Å². The van der Waals surface area contributed by atoms with Crippen LogP contribution in [0.1, 0.15) is 0 Å². The third-order valence-corrected chi connectivity index (χ3v) is 22.1. The van der Waals surface area contributed by atoms with Gasteiger partial charge in [-0.25, -0.2) is 0 Å². The van der Waals surface area contributed by atoms with Crippen LogP contribution >= 0.6 is 0 Å². The molecule has 10 heavy (non-hydrogen) atoms. The van der Waals surface area contributed by atoms with E-state index in [1.165, 1.54) is 6.04 Å².